The predicted octanol–water partition coefficient (Wildman–Crippen LogP) is 5.02. The number of aromatic nitrogens is 1. The second kappa shape index (κ2) is 10.0. The molecule has 1 aliphatic rings. The third-order valence-corrected chi connectivity index (χ3v) is 6.12. The van der Waals surface area contributed by atoms with Crippen LogP contribution in [0.15, 0.2) is 85.1 Å². The molecule has 2 heterocycles. The zero-order chi connectivity index (χ0) is 23.3. The summed E-state index contributed by atoms with van der Waals surface area (Å²) in [5.41, 5.74) is 3.53. The van der Waals surface area contributed by atoms with Crippen LogP contribution in [0.1, 0.15) is 29.2 Å². The summed E-state index contributed by atoms with van der Waals surface area (Å²) in [5, 5.41) is 4.07. The number of amides is 1. The van der Waals surface area contributed by atoms with Gasteiger partial charge in [-0.15, -0.1) is 0 Å². The van der Waals surface area contributed by atoms with Crippen LogP contribution in [-0.2, 0) is 17.9 Å². The summed E-state index contributed by atoms with van der Waals surface area (Å²) in [7, 11) is 0. The maximum atomic E-state index is 14.5. The van der Waals surface area contributed by atoms with Crippen molar-refractivity contribution in [2.45, 2.75) is 25.6 Å². The fourth-order valence-corrected chi connectivity index (χ4v) is 4.33. The number of carbonyl (C=O) groups is 1. The van der Waals surface area contributed by atoms with Gasteiger partial charge in [0.2, 0.25) is 5.91 Å². The molecule has 0 bridgehead atoms. The molecule has 6 heteroatoms. The van der Waals surface area contributed by atoms with Gasteiger partial charge in [0.15, 0.2) is 0 Å². The van der Waals surface area contributed by atoms with Crippen molar-refractivity contribution in [2.24, 2.45) is 0 Å². The first-order valence-electron chi connectivity index (χ1n) is 11.5. The number of fused-ring (bicyclic) bond motifs is 2. The van der Waals surface area contributed by atoms with Crippen LogP contribution in [0.4, 0.5) is 4.39 Å². The Morgan fingerprint density at radius 3 is 2.82 bits per heavy atom. The van der Waals surface area contributed by atoms with Crippen molar-refractivity contribution < 1.29 is 13.9 Å². The highest BCUT2D eigenvalue weighted by molar-refractivity contribution is 5.79. The van der Waals surface area contributed by atoms with Crippen LogP contribution < -0.4 is 10.1 Å². The first-order chi connectivity index (χ1) is 16.7. The van der Waals surface area contributed by atoms with Gasteiger partial charge in [-0.3, -0.25) is 14.7 Å². The average Bonchev–Trinajstić information content (AvgIpc) is 3.05. The lowest BCUT2D eigenvalue weighted by atomic mass is 10.1. The molecule has 34 heavy (non-hydrogen) atoms. The van der Waals surface area contributed by atoms with Gasteiger partial charge in [-0.1, -0.05) is 48.5 Å². The molecular weight excluding hydrogens is 429 g/mol. The minimum atomic E-state index is -0.445. The van der Waals surface area contributed by atoms with Crippen LogP contribution in [0.25, 0.3) is 10.9 Å². The van der Waals surface area contributed by atoms with E-state index in [0.717, 1.165) is 27.8 Å². The molecule has 1 amide bonds. The summed E-state index contributed by atoms with van der Waals surface area (Å²) < 4.78 is 20.7. The monoisotopic (exact) mass is 455 g/mol. The van der Waals surface area contributed by atoms with Gasteiger partial charge in [0.1, 0.15) is 17.7 Å². The quantitative estimate of drug-likeness (QED) is 0.444. The van der Waals surface area contributed by atoms with Gasteiger partial charge >= 0.3 is 0 Å². The number of nitrogens with zero attached hydrogens (tertiary/aromatic N) is 2. The molecule has 1 unspecified atom stereocenters. The van der Waals surface area contributed by atoms with Crippen molar-refractivity contribution >= 4 is 16.8 Å². The molecule has 4 aromatic rings. The second-order valence-corrected chi connectivity index (χ2v) is 8.53. The molecule has 0 aliphatic carbocycles. The number of hydrogen-bond donors (Lipinski definition) is 1. The van der Waals surface area contributed by atoms with Crippen molar-refractivity contribution in [2.75, 3.05) is 13.1 Å². The van der Waals surface area contributed by atoms with E-state index in [1.54, 1.807) is 18.3 Å². The van der Waals surface area contributed by atoms with Gasteiger partial charge in [0, 0.05) is 55.3 Å². The predicted molar refractivity (Wildman–Crippen MR) is 130 cm³/mol. The number of ether oxygens (including phenoxy) is 1. The maximum absolute atomic E-state index is 14.5. The summed E-state index contributed by atoms with van der Waals surface area (Å²) in [6.45, 7) is 2.16. The van der Waals surface area contributed by atoms with Gasteiger partial charge in [-0.2, -0.15) is 0 Å². The van der Waals surface area contributed by atoms with Crippen molar-refractivity contribution in [1.82, 2.24) is 15.2 Å². The lowest BCUT2D eigenvalue weighted by Gasteiger charge is -2.24. The van der Waals surface area contributed by atoms with E-state index in [4.69, 9.17) is 4.74 Å². The molecule has 1 aromatic heterocycles. The first-order valence-corrected chi connectivity index (χ1v) is 11.5. The maximum Gasteiger partial charge on any atom is 0.221 e. The molecule has 5 nitrogen and oxygen atoms in total. The van der Waals surface area contributed by atoms with Crippen LogP contribution in [-0.4, -0.2) is 28.9 Å². The van der Waals surface area contributed by atoms with E-state index in [0.29, 0.717) is 38.2 Å². The molecule has 0 radical (unpaired) electrons. The third kappa shape index (κ3) is 5.07. The zero-order valence-electron chi connectivity index (χ0n) is 18.8. The Balaban J connectivity index is 1.23. The number of benzene rings is 3. The highest BCUT2D eigenvalue weighted by Gasteiger charge is 2.26. The smallest absolute Gasteiger partial charge is 0.221 e. The normalized spacial score (nSPS) is 15.9. The van der Waals surface area contributed by atoms with Crippen LogP contribution in [0.5, 0.6) is 5.75 Å². The molecule has 1 N–H and O–H groups in total. The van der Waals surface area contributed by atoms with Gasteiger partial charge in [-0.25, -0.2) is 4.39 Å². The molecule has 0 saturated heterocycles. The highest BCUT2D eigenvalue weighted by Crippen LogP contribution is 2.32. The van der Waals surface area contributed by atoms with E-state index in [1.807, 2.05) is 60.7 Å². The van der Waals surface area contributed by atoms with E-state index in [1.165, 1.54) is 6.07 Å². The summed E-state index contributed by atoms with van der Waals surface area (Å²) in [5.74, 6) is 0.454. The molecule has 0 spiro atoms. The van der Waals surface area contributed by atoms with Crippen LogP contribution in [0, 0.1) is 5.82 Å². The fourth-order valence-electron chi connectivity index (χ4n) is 4.33. The largest absolute Gasteiger partial charge is 0.484 e. The van der Waals surface area contributed by atoms with Crippen molar-refractivity contribution in [1.29, 1.82) is 0 Å². The van der Waals surface area contributed by atoms with Crippen LogP contribution >= 0.6 is 0 Å². The van der Waals surface area contributed by atoms with E-state index in [-0.39, 0.29) is 11.7 Å². The number of pyridine rings is 1. The standard InChI is InChI=1S/C28H26FN3O2/c29-24-9-3-2-8-23(24)27-19-32(18-22-6-1-4-10-26(22)34-27)15-13-28(33)31-17-20-11-12-25-21(16-20)7-5-14-30-25/h1-12,14,16,27H,13,15,17-19H2,(H,31,33). The van der Waals surface area contributed by atoms with Crippen LogP contribution in [0.2, 0.25) is 0 Å². The number of hydrogen-bond acceptors (Lipinski definition) is 4. The number of halogens is 1. The lowest BCUT2D eigenvalue weighted by Crippen LogP contribution is -2.33. The summed E-state index contributed by atoms with van der Waals surface area (Å²) >= 11 is 0. The topological polar surface area (TPSA) is 54.5 Å². The Morgan fingerprint density at radius 1 is 1.06 bits per heavy atom. The molecule has 5 rings (SSSR count). The molecule has 172 valence electrons. The zero-order valence-corrected chi connectivity index (χ0v) is 18.8. The Kier molecular flexibility index (Phi) is 6.49. The Bertz CT molecular complexity index is 1310. The fraction of sp³-hybridized carbons (Fsp3) is 0.214. The Hall–Kier alpha value is -3.77. The summed E-state index contributed by atoms with van der Waals surface area (Å²) in [6.07, 6.45) is 1.67. The summed E-state index contributed by atoms with van der Waals surface area (Å²) in [6, 6.07) is 24.4. The van der Waals surface area contributed by atoms with Crippen molar-refractivity contribution in [3.8, 4) is 5.75 Å². The van der Waals surface area contributed by atoms with Crippen molar-refractivity contribution in [3.05, 3.63) is 108 Å². The molecular formula is C28H26FN3O2. The van der Waals surface area contributed by atoms with E-state index in [2.05, 4.69) is 15.2 Å². The lowest BCUT2D eigenvalue weighted by molar-refractivity contribution is -0.121. The van der Waals surface area contributed by atoms with Gasteiger partial charge in [0.05, 0.1) is 5.52 Å². The van der Waals surface area contributed by atoms with Gasteiger partial charge in [-0.05, 0) is 35.9 Å². The summed E-state index contributed by atoms with van der Waals surface area (Å²) in [4.78, 5) is 19.1. The molecule has 3 aromatic carbocycles. The molecule has 1 aliphatic heterocycles. The minimum absolute atomic E-state index is 0.0211. The third-order valence-electron chi connectivity index (χ3n) is 6.12. The number of rotatable bonds is 6. The van der Waals surface area contributed by atoms with E-state index in [9.17, 15) is 9.18 Å². The first kappa shape index (κ1) is 22.0. The minimum Gasteiger partial charge on any atom is -0.484 e. The van der Waals surface area contributed by atoms with Crippen LogP contribution in [0.3, 0.4) is 0 Å². The SMILES string of the molecule is O=C(CCN1Cc2ccccc2OC(c2ccccc2F)C1)NCc1ccc2ncccc2c1. The van der Waals surface area contributed by atoms with Gasteiger partial charge < -0.3 is 10.1 Å². The Morgan fingerprint density at radius 2 is 1.91 bits per heavy atom. The molecule has 0 saturated carbocycles. The number of nitrogens with one attached hydrogen (secondary N) is 1. The number of para-hydroxylation sites is 1. The van der Waals surface area contributed by atoms with E-state index < -0.39 is 6.10 Å². The number of carbonyl (C=O) groups excluding carboxylic acids is 1. The Labute approximate surface area is 198 Å². The second-order valence-electron chi connectivity index (χ2n) is 8.53. The molecule has 1 atom stereocenters. The molecule has 0 fully saturated rings. The van der Waals surface area contributed by atoms with Gasteiger partial charge in [0.25, 0.3) is 0 Å². The average molecular weight is 456 g/mol. The van der Waals surface area contributed by atoms with E-state index >= 15 is 0 Å². The van der Waals surface area contributed by atoms with Crippen molar-refractivity contribution in [3.63, 3.8) is 0 Å². The highest BCUT2D eigenvalue weighted by atomic mass is 19.1.